The van der Waals surface area contributed by atoms with Crippen molar-refractivity contribution in [1.29, 1.82) is 0 Å². The van der Waals surface area contributed by atoms with Crippen molar-refractivity contribution in [1.82, 2.24) is 0 Å². The van der Waals surface area contributed by atoms with Crippen LogP contribution in [0.1, 0.15) is 17.3 Å². The number of carbonyl (C=O) groups excluding carboxylic acids is 2. The van der Waals surface area contributed by atoms with E-state index in [0.29, 0.717) is 0 Å². The van der Waals surface area contributed by atoms with E-state index >= 15 is 0 Å². The summed E-state index contributed by atoms with van der Waals surface area (Å²) in [5.41, 5.74) is 4.84. The molecule has 92 valence electrons. The molecule has 17 heavy (non-hydrogen) atoms. The van der Waals surface area contributed by atoms with Gasteiger partial charge in [0.25, 0.3) is 5.91 Å². The van der Waals surface area contributed by atoms with Crippen LogP contribution in [0.2, 0.25) is 0 Å². The van der Waals surface area contributed by atoms with Gasteiger partial charge in [-0.3, -0.25) is 4.79 Å². The van der Waals surface area contributed by atoms with Gasteiger partial charge in [0.2, 0.25) is 0 Å². The van der Waals surface area contributed by atoms with Crippen molar-refractivity contribution < 1.29 is 23.5 Å². The van der Waals surface area contributed by atoms with Crippen LogP contribution in [0, 0.1) is 5.82 Å². The van der Waals surface area contributed by atoms with E-state index in [-0.39, 0.29) is 11.3 Å². The van der Waals surface area contributed by atoms with Gasteiger partial charge in [0.05, 0.1) is 7.11 Å². The lowest BCUT2D eigenvalue weighted by molar-refractivity contribution is -0.125. The number of methoxy groups -OCH3 is 1. The van der Waals surface area contributed by atoms with E-state index < -0.39 is 23.8 Å². The quantitative estimate of drug-likeness (QED) is 0.793. The molecule has 0 saturated heterocycles. The summed E-state index contributed by atoms with van der Waals surface area (Å²) in [5, 5.41) is 0. The number of hydrogen-bond acceptors (Lipinski definition) is 4. The van der Waals surface area contributed by atoms with Crippen LogP contribution in [0.4, 0.5) is 4.39 Å². The van der Waals surface area contributed by atoms with Crippen LogP contribution in [0.3, 0.4) is 0 Å². The van der Waals surface area contributed by atoms with E-state index in [1.165, 1.54) is 20.1 Å². The Morgan fingerprint density at radius 1 is 1.41 bits per heavy atom. The minimum Gasteiger partial charge on any atom is -0.496 e. The Morgan fingerprint density at radius 3 is 2.59 bits per heavy atom. The summed E-state index contributed by atoms with van der Waals surface area (Å²) >= 11 is 0. The zero-order valence-corrected chi connectivity index (χ0v) is 9.40. The second-order valence-electron chi connectivity index (χ2n) is 3.29. The predicted molar refractivity (Wildman–Crippen MR) is 57.0 cm³/mol. The number of esters is 1. The lowest BCUT2D eigenvalue weighted by Crippen LogP contribution is -2.30. The summed E-state index contributed by atoms with van der Waals surface area (Å²) in [7, 11) is 1.33. The van der Waals surface area contributed by atoms with Crippen molar-refractivity contribution in [3.05, 3.63) is 29.6 Å². The van der Waals surface area contributed by atoms with Crippen LogP contribution in [-0.4, -0.2) is 25.1 Å². The molecule has 0 radical (unpaired) electrons. The van der Waals surface area contributed by atoms with E-state index in [9.17, 15) is 14.0 Å². The molecule has 0 aliphatic carbocycles. The average Bonchev–Trinajstić information content (AvgIpc) is 2.28. The Bertz CT molecular complexity index is 447. The highest BCUT2D eigenvalue weighted by Gasteiger charge is 2.20. The highest BCUT2D eigenvalue weighted by atomic mass is 19.1. The minimum absolute atomic E-state index is 0.0967. The highest BCUT2D eigenvalue weighted by Crippen LogP contribution is 2.20. The largest absolute Gasteiger partial charge is 0.496 e. The standard InChI is InChI=1S/C11H12FNO4/c1-6(10(13)14)17-11(15)8-5-7(12)3-4-9(8)16-2/h3-6H,1-2H3,(H2,13,14)/t6-/m0/s1. The van der Waals surface area contributed by atoms with Gasteiger partial charge in [-0.15, -0.1) is 0 Å². The van der Waals surface area contributed by atoms with Gasteiger partial charge in [-0.1, -0.05) is 0 Å². The number of primary amides is 1. The zero-order chi connectivity index (χ0) is 13.0. The van der Waals surface area contributed by atoms with Gasteiger partial charge in [0, 0.05) is 0 Å². The molecule has 1 amide bonds. The van der Waals surface area contributed by atoms with Gasteiger partial charge < -0.3 is 15.2 Å². The van der Waals surface area contributed by atoms with Crippen molar-refractivity contribution in [2.24, 2.45) is 5.73 Å². The maximum atomic E-state index is 13.0. The highest BCUT2D eigenvalue weighted by molar-refractivity contribution is 5.94. The Labute approximate surface area is 97.3 Å². The molecular formula is C11H12FNO4. The van der Waals surface area contributed by atoms with E-state index in [4.69, 9.17) is 15.2 Å². The number of benzene rings is 1. The van der Waals surface area contributed by atoms with E-state index in [1.54, 1.807) is 0 Å². The Hall–Kier alpha value is -2.11. The Kier molecular flexibility index (Phi) is 4.03. The number of ether oxygens (including phenoxy) is 2. The summed E-state index contributed by atoms with van der Waals surface area (Å²) in [6.45, 7) is 1.33. The third kappa shape index (κ3) is 3.17. The van der Waals surface area contributed by atoms with Crippen LogP contribution < -0.4 is 10.5 Å². The molecule has 5 nitrogen and oxygen atoms in total. The monoisotopic (exact) mass is 241 g/mol. The van der Waals surface area contributed by atoms with E-state index in [2.05, 4.69) is 0 Å². The molecule has 0 aliphatic rings. The molecule has 0 aromatic heterocycles. The number of nitrogens with two attached hydrogens (primary N) is 1. The summed E-state index contributed by atoms with van der Waals surface area (Å²) in [5.74, 6) is -2.10. The second-order valence-corrected chi connectivity index (χ2v) is 3.29. The maximum Gasteiger partial charge on any atom is 0.342 e. The molecule has 2 N–H and O–H groups in total. The number of halogens is 1. The minimum atomic E-state index is -1.09. The fourth-order valence-corrected chi connectivity index (χ4v) is 1.12. The molecule has 0 spiro atoms. The van der Waals surface area contributed by atoms with Gasteiger partial charge >= 0.3 is 5.97 Å². The summed E-state index contributed by atoms with van der Waals surface area (Å²) in [6, 6.07) is 3.41. The number of hydrogen-bond donors (Lipinski definition) is 1. The smallest absolute Gasteiger partial charge is 0.342 e. The summed E-state index contributed by atoms with van der Waals surface area (Å²) in [6.07, 6.45) is -1.09. The SMILES string of the molecule is COc1ccc(F)cc1C(=O)O[C@@H](C)C(N)=O. The molecule has 0 bridgehead atoms. The van der Waals surface area contributed by atoms with Crippen LogP contribution in [0.15, 0.2) is 18.2 Å². The third-order valence-electron chi connectivity index (χ3n) is 2.07. The van der Waals surface area contributed by atoms with Crippen LogP contribution in [0.25, 0.3) is 0 Å². The molecule has 1 aromatic rings. The van der Waals surface area contributed by atoms with Gasteiger partial charge in [0.1, 0.15) is 17.1 Å². The summed E-state index contributed by atoms with van der Waals surface area (Å²) < 4.78 is 22.6. The van der Waals surface area contributed by atoms with Gasteiger partial charge in [-0.05, 0) is 25.1 Å². The molecular weight excluding hydrogens is 229 g/mol. The van der Waals surface area contributed by atoms with Crippen molar-refractivity contribution in [2.45, 2.75) is 13.0 Å². The molecule has 0 heterocycles. The van der Waals surface area contributed by atoms with Crippen molar-refractivity contribution >= 4 is 11.9 Å². The topological polar surface area (TPSA) is 78.6 Å². The molecule has 0 unspecified atom stereocenters. The fraction of sp³-hybridized carbons (Fsp3) is 0.273. The lowest BCUT2D eigenvalue weighted by atomic mass is 10.2. The maximum absolute atomic E-state index is 13.0. The van der Waals surface area contributed by atoms with Gasteiger partial charge in [-0.25, -0.2) is 9.18 Å². The third-order valence-corrected chi connectivity index (χ3v) is 2.07. The Morgan fingerprint density at radius 2 is 2.06 bits per heavy atom. The average molecular weight is 241 g/mol. The molecule has 0 aliphatic heterocycles. The molecule has 0 saturated carbocycles. The molecule has 1 aromatic carbocycles. The molecule has 1 atom stereocenters. The van der Waals surface area contributed by atoms with E-state index in [1.807, 2.05) is 0 Å². The van der Waals surface area contributed by atoms with Gasteiger partial charge in [-0.2, -0.15) is 0 Å². The molecule has 1 rings (SSSR count). The zero-order valence-electron chi connectivity index (χ0n) is 9.40. The second kappa shape index (κ2) is 5.29. The molecule has 0 fully saturated rings. The number of amides is 1. The normalized spacial score (nSPS) is 11.7. The number of rotatable bonds is 4. The van der Waals surface area contributed by atoms with Crippen molar-refractivity contribution in [2.75, 3.05) is 7.11 Å². The fourth-order valence-electron chi connectivity index (χ4n) is 1.12. The first kappa shape index (κ1) is 13.0. The van der Waals surface area contributed by atoms with Crippen molar-refractivity contribution in [3.8, 4) is 5.75 Å². The first-order chi connectivity index (χ1) is 7.95. The lowest BCUT2D eigenvalue weighted by Gasteiger charge is -2.11. The first-order valence-electron chi connectivity index (χ1n) is 4.79. The van der Waals surface area contributed by atoms with E-state index in [0.717, 1.165) is 12.1 Å². The molecule has 6 heteroatoms. The first-order valence-corrected chi connectivity index (χ1v) is 4.79. The van der Waals surface area contributed by atoms with Crippen LogP contribution in [-0.2, 0) is 9.53 Å². The van der Waals surface area contributed by atoms with Gasteiger partial charge in [0.15, 0.2) is 6.10 Å². The van der Waals surface area contributed by atoms with Crippen LogP contribution >= 0.6 is 0 Å². The predicted octanol–water partition coefficient (Wildman–Crippen LogP) is 0.865. The van der Waals surface area contributed by atoms with Crippen LogP contribution in [0.5, 0.6) is 5.75 Å². The summed E-state index contributed by atoms with van der Waals surface area (Å²) in [4.78, 5) is 22.3. The van der Waals surface area contributed by atoms with Crippen molar-refractivity contribution in [3.63, 3.8) is 0 Å². The Balaban J connectivity index is 2.95. The number of carbonyl (C=O) groups is 2.